The summed E-state index contributed by atoms with van der Waals surface area (Å²) in [7, 11) is 1.70. The molecule has 0 atom stereocenters. The van der Waals surface area contributed by atoms with Gasteiger partial charge in [0.05, 0.1) is 18.3 Å². The number of para-hydroxylation sites is 1. The van der Waals surface area contributed by atoms with Crippen molar-refractivity contribution in [3.63, 3.8) is 0 Å². The average Bonchev–Trinajstić information content (AvgIpc) is 2.61. The molecule has 0 aliphatic rings. The van der Waals surface area contributed by atoms with Gasteiger partial charge in [-0.15, -0.1) is 0 Å². The standard InChI is InChI=1S/C22H25NO/c1-4-5-6-9-17-15-22(23-21-11-8-7-10-20(17)21)19-13-12-18(24-3)14-16(19)2/h7-8,10-15H,4-6,9H2,1-3H3. The number of aryl methyl sites for hydroxylation is 2. The number of nitrogens with zero attached hydrogens (tertiary/aromatic N) is 1. The molecule has 3 aromatic rings. The number of ether oxygens (including phenoxy) is 1. The Bertz CT molecular complexity index is 838. The third-order valence-corrected chi connectivity index (χ3v) is 4.56. The fourth-order valence-corrected chi connectivity index (χ4v) is 3.21. The molecule has 0 fully saturated rings. The molecule has 0 saturated carbocycles. The summed E-state index contributed by atoms with van der Waals surface area (Å²) in [6.07, 6.45) is 4.85. The van der Waals surface area contributed by atoms with Gasteiger partial charge in [0.15, 0.2) is 0 Å². The summed E-state index contributed by atoms with van der Waals surface area (Å²) in [6.45, 7) is 4.36. The Morgan fingerprint density at radius 1 is 1.00 bits per heavy atom. The Morgan fingerprint density at radius 2 is 1.83 bits per heavy atom. The van der Waals surface area contributed by atoms with Crippen molar-refractivity contribution in [2.75, 3.05) is 7.11 Å². The summed E-state index contributed by atoms with van der Waals surface area (Å²) >= 11 is 0. The van der Waals surface area contributed by atoms with E-state index >= 15 is 0 Å². The average molecular weight is 319 g/mol. The van der Waals surface area contributed by atoms with Crippen LogP contribution in [0, 0.1) is 6.92 Å². The Kier molecular flexibility index (Phi) is 5.14. The molecule has 2 heteroatoms. The SMILES string of the molecule is CCCCCc1cc(-c2ccc(OC)cc2C)nc2ccccc12. The molecule has 1 aromatic heterocycles. The van der Waals surface area contributed by atoms with E-state index in [1.807, 2.05) is 6.07 Å². The normalized spacial score (nSPS) is 11.0. The number of aromatic nitrogens is 1. The molecule has 0 saturated heterocycles. The van der Waals surface area contributed by atoms with Crippen LogP contribution in [0.1, 0.15) is 37.3 Å². The Hall–Kier alpha value is -2.35. The van der Waals surface area contributed by atoms with Crippen molar-refractivity contribution in [3.05, 3.63) is 59.7 Å². The van der Waals surface area contributed by atoms with Gasteiger partial charge in [-0.2, -0.15) is 0 Å². The fourth-order valence-electron chi connectivity index (χ4n) is 3.21. The maximum Gasteiger partial charge on any atom is 0.119 e. The second-order valence-corrected chi connectivity index (χ2v) is 6.32. The maximum absolute atomic E-state index is 5.32. The molecule has 124 valence electrons. The molecule has 0 radical (unpaired) electrons. The zero-order valence-electron chi connectivity index (χ0n) is 14.8. The first-order valence-electron chi connectivity index (χ1n) is 8.76. The van der Waals surface area contributed by atoms with E-state index in [0.29, 0.717) is 0 Å². The van der Waals surface area contributed by atoms with Crippen molar-refractivity contribution in [1.29, 1.82) is 0 Å². The highest BCUT2D eigenvalue weighted by Gasteiger charge is 2.10. The van der Waals surface area contributed by atoms with E-state index in [-0.39, 0.29) is 0 Å². The number of pyridine rings is 1. The molecule has 2 nitrogen and oxygen atoms in total. The van der Waals surface area contributed by atoms with Crippen LogP contribution in [0.2, 0.25) is 0 Å². The van der Waals surface area contributed by atoms with E-state index in [9.17, 15) is 0 Å². The van der Waals surface area contributed by atoms with Crippen molar-refractivity contribution in [2.24, 2.45) is 0 Å². The topological polar surface area (TPSA) is 22.1 Å². The van der Waals surface area contributed by atoms with E-state index in [1.54, 1.807) is 7.11 Å². The first-order valence-corrected chi connectivity index (χ1v) is 8.76. The van der Waals surface area contributed by atoms with Crippen LogP contribution < -0.4 is 4.74 Å². The Morgan fingerprint density at radius 3 is 2.58 bits per heavy atom. The van der Waals surface area contributed by atoms with Gasteiger partial charge in [0, 0.05) is 10.9 Å². The minimum atomic E-state index is 0.889. The largest absolute Gasteiger partial charge is 0.497 e. The van der Waals surface area contributed by atoms with Crippen LogP contribution in [-0.4, -0.2) is 12.1 Å². The fraction of sp³-hybridized carbons (Fsp3) is 0.318. The number of rotatable bonds is 6. The summed E-state index contributed by atoms with van der Waals surface area (Å²) in [5.74, 6) is 0.889. The number of hydrogen-bond donors (Lipinski definition) is 0. The quantitative estimate of drug-likeness (QED) is 0.524. The second-order valence-electron chi connectivity index (χ2n) is 6.32. The predicted molar refractivity (Wildman–Crippen MR) is 102 cm³/mol. The Labute approximate surface area is 144 Å². The molecule has 0 amide bonds. The predicted octanol–water partition coefficient (Wildman–Crippen LogP) is 5.95. The van der Waals surface area contributed by atoms with Gasteiger partial charge in [0.25, 0.3) is 0 Å². The molecule has 24 heavy (non-hydrogen) atoms. The summed E-state index contributed by atoms with van der Waals surface area (Å²) < 4.78 is 5.32. The molecule has 1 heterocycles. The summed E-state index contributed by atoms with van der Waals surface area (Å²) in [4.78, 5) is 4.91. The number of methoxy groups -OCH3 is 1. The molecular weight excluding hydrogens is 294 g/mol. The smallest absolute Gasteiger partial charge is 0.119 e. The number of hydrogen-bond acceptors (Lipinski definition) is 2. The number of benzene rings is 2. The molecule has 0 aliphatic carbocycles. The van der Waals surface area contributed by atoms with Crippen LogP contribution in [-0.2, 0) is 6.42 Å². The van der Waals surface area contributed by atoms with Gasteiger partial charge >= 0.3 is 0 Å². The van der Waals surface area contributed by atoms with Gasteiger partial charge in [-0.05, 0) is 61.2 Å². The summed E-state index contributed by atoms with van der Waals surface area (Å²) in [6, 6.07) is 16.9. The van der Waals surface area contributed by atoms with Crippen LogP contribution in [0.3, 0.4) is 0 Å². The third kappa shape index (κ3) is 3.43. The van der Waals surface area contributed by atoms with Crippen molar-refractivity contribution in [3.8, 4) is 17.0 Å². The molecule has 3 rings (SSSR count). The maximum atomic E-state index is 5.32. The van der Waals surface area contributed by atoms with Crippen LogP contribution in [0.4, 0.5) is 0 Å². The van der Waals surface area contributed by atoms with Gasteiger partial charge in [-0.3, -0.25) is 0 Å². The summed E-state index contributed by atoms with van der Waals surface area (Å²) in [5.41, 5.74) is 5.91. The van der Waals surface area contributed by atoms with Gasteiger partial charge in [0.2, 0.25) is 0 Å². The lowest BCUT2D eigenvalue weighted by Gasteiger charge is -2.12. The van der Waals surface area contributed by atoms with Crippen LogP contribution >= 0.6 is 0 Å². The Balaban J connectivity index is 2.08. The molecule has 0 unspecified atom stereocenters. The second kappa shape index (κ2) is 7.48. The van der Waals surface area contributed by atoms with Crippen LogP contribution in [0.5, 0.6) is 5.75 Å². The van der Waals surface area contributed by atoms with Crippen molar-refractivity contribution in [1.82, 2.24) is 4.98 Å². The first-order chi connectivity index (χ1) is 11.7. The van der Waals surface area contributed by atoms with Gasteiger partial charge < -0.3 is 4.74 Å². The monoisotopic (exact) mass is 319 g/mol. The minimum Gasteiger partial charge on any atom is -0.497 e. The molecule has 0 N–H and O–H groups in total. The molecular formula is C22H25NO. The summed E-state index contributed by atoms with van der Waals surface area (Å²) in [5, 5.41) is 1.28. The lowest BCUT2D eigenvalue weighted by atomic mass is 9.98. The minimum absolute atomic E-state index is 0.889. The lowest BCUT2D eigenvalue weighted by Crippen LogP contribution is -1.95. The molecule has 0 aliphatic heterocycles. The van der Waals surface area contributed by atoms with E-state index < -0.39 is 0 Å². The van der Waals surface area contributed by atoms with Gasteiger partial charge in [-0.25, -0.2) is 4.98 Å². The zero-order chi connectivity index (χ0) is 16.9. The van der Waals surface area contributed by atoms with Gasteiger partial charge in [-0.1, -0.05) is 38.0 Å². The van der Waals surface area contributed by atoms with E-state index in [4.69, 9.17) is 9.72 Å². The van der Waals surface area contributed by atoms with E-state index in [1.165, 1.54) is 41.3 Å². The third-order valence-electron chi connectivity index (χ3n) is 4.56. The highest BCUT2D eigenvalue weighted by molar-refractivity contribution is 5.85. The highest BCUT2D eigenvalue weighted by atomic mass is 16.5. The molecule has 0 bridgehead atoms. The van der Waals surface area contributed by atoms with E-state index in [0.717, 1.165) is 23.4 Å². The number of fused-ring (bicyclic) bond motifs is 1. The zero-order valence-corrected chi connectivity index (χ0v) is 14.8. The van der Waals surface area contributed by atoms with E-state index in [2.05, 4.69) is 56.3 Å². The lowest BCUT2D eigenvalue weighted by molar-refractivity contribution is 0.414. The van der Waals surface area contributed by atoms with Crippen LogP contribution in [0.25, 0.3) is 22.2 Å². The number of unbranched alkanes of at least 4 members (excludes halogenated alkanes) is 2. The van der Waals surface area contributed by atoms with Crippen molar-refractivity contribution in [2.45, 2.75) is 39.5 Å². The van der Waals surface area contributed by atoms with Crippen molar-refractivity contribution >= 4 is 10.9 Å². The molecule has 0 spiro atoms. The van der Waals surface area contributed by atoms with Crippen LogP contribution in [0.15, 0.2) is 48.5 Å². The van der Waals surface area contributed by atoms with Crippen molar-refractivity contribution < 1.29 is 4.74 Å². The van der Waals surface area contributed by atoms with Gasteiger partial charge in [0.1, 0.15) is 5.75 Å². The molecule has 2 aromatic carbocycles. The first kappa shape index (κ1) is 16.5. The highest BCUT2D eigenvalue weighted by Crippen LogP contribution is 2.29.